The van der Waals surface area contributed by atoms with Crippen molar-refractivity contribution in [3.05, 3.63) is 24.0 Å². The van der Waals surface area contributed by atoms with E-state index in [1.54, 1.807) is 0 Å². The summed E-state index contributed by atoms with van der Waals surface area (Å²) in [6.45, 7) is 1.06. The molecule has 1 aromatic carbocycles. The second-order valence-electron chi connectivity index (χ2n) is 5.15. The van der Waals surface area contributed by atoms with Gasteiger partial charge in [0.2, 0.25) is 0 Å². The van der Waals surface area contributed by atoms with E-state index in [4.69, 9.17) is 4.42 Å². The lowest BCUT2D eigenvalue weighted by Gasteiger charge is -2.30. The summed E-state index contributed by atoms with van der Waals surface area (Å²) in [5.74, 6) is -0.370. The first-order valence-electron chi connectivity index (χ1n) is 6.43. The second kappa shape index (κ2) is 4.73. The van der Waals surface area contributed by atoms with Gasteiger partial charge in [0.15, 0.2) is 15.4 Å². The highest BCUT2D eigenvalue weighted by molar-refractivity contribution is 7.91. The molecule has 0 aliphatic carbocycles. The molecule has 0 radical (unpaired) electrons. The minimum Gasteiger partial charge on any atom is -0.423 e. The van der Waals surface area contributed by atoms with Crippen LogP contribution in [0.3, 0.4) is 0 Å². The number of piperidine rings is 1. The van der Waals surface area contributed by atoms with E-state index in [1.165, 1.54) is 24.5 Å². The number of benzene rings is 1. The molecule has 3 rings (SSSR count). The van der Waals surface area contributed by atoms with Gasteiger partial charge in [-0.2, -0.15) is 4.98 Å². The van der Waals surface area contributed by atoms with E-state index in [0.717, 1.165) is 6.42 Å². The van der Waals surface area contributed by atoms with Crippen LogP contribution in [0.2, 0.25) is 0 Å². The van der Waals surface area contributed by atoms with Crippen LogP contribution in [0.1, 0.15) is 12.8 Å². The highest BCUT2D eigenvalue weighted by Gasteiger charge is 2.29. The van der Waals surface area contributed by atoms with Crippen molar-refractivity contribution in [2.75, 3.05) is 24.2 Å². The molecular weight excluding hydrogens is 283 g/mol. The topological polar surface area (TPSA) is 63.4 Å². The molecule has 0 spiro atoms. The number of aromatic nitrogens is 1. The Hall–Kier alpha value is -1.63. The van der Waals surface area contributed by atoms with E-state index >= 15 is 0 Å². The van der Waals surface area contributed by atoms with Gasteiger partial charge >= 0.3 is 0 Å². The van der Waals surface area contributed by atoms with Crippen LogP contribution < -0.4 is 4.90 Å². The van der Waals surface area contributed by atoms with Gasteiger partial charge < -0.3 is 9.32 Å². The fourth-order valence-corrected chi connectivity index (χ4v) is 3.53. The van der Waals surface area contributed by atoms with Crippen molar-refractivity contribution in [1.29, 1.82) is 0 Å². The monoisotopic (exact) mass is 298 g/mol. The first-order valence-corrected chi connectivity index (χ1v) is 8.39. The Labute approximate surface area is 116 Å². The Morgan fingerprint density at radius 3 is 3.00 bits per heavy atom. The van der Waals surface area contributed by atoms with Crippen molar-refractivity contribution in [2.45, 2.75) is 18.1 Å². The summed E-state index contributed by atoms with van der Waals surface area (Å²) in [6.07, 6.45) is 2.68. The molecule has 0 N–H and O–H groups in total. The third-order valence-corrected chi connectivity index (χ3v) is 5.19. The van der Waals surface area contributed by atoms with Crippen molar-refractivity contribution in [3.63, 3.8) is 0 Å². The standard InChI is InChI=1S/C13H15FN2O3S/c1-20(17,18)10-3-2-6-16(8-10)13-15-11-7-9(14)4-5-12(11)19-13/h4-5,7,10H,2-3,6,8H2,1H3. The van der Waals surface area contributed by atoms with Crippen LogP contribution in [0.15, 0.2) is 22.6 Å². The Morgan fingerprint density at radius 2 is 2.25 bits per heavy atom. The summed E-state index contributed by atoms with van der Waals surface area (Å²) in [5.41, 5.74) is 0.948. The SMILES string of the molecule is CS(=O)(=O)C1CCCN(c2nc3cc(F)ccc3o2)C1. The smallest absolute Gasteiger partial charge is 0.298 e. The molecule has 108 valence electrons. The Bertz CT molecular complexity index is 741. The average molecular weight is 298 g/mol. The molecule has 5 nitrogen and oxygen atoms in total. The van der Waals surface area contributed by atoms with Gasteiger partial charge in [0.25, 0.3) is 6.01 Å². The molecule has 1 aromatic heterocycles. The van der Waals surface area contributed by atoms with Crippen LogP contribution in [-0.4, -0.2) is 38.0 Å². The fourth-order valence-electron chi connectivity index (χ4n) is 2.49. The number of oxazole rings is 1. The molecule has 1 aliphatic heterocycles. The maximum atomic E-state index is 13.1. The molecule has 1 atom stereocenters. The minimum atomic E-state index is -3.07. The molecule has 7 heteroatoms. The summed E-state index contributed by atoms with van der Waals surface area (Å²) < 4.78 is 42.0. The molecular formula is C13H15FN2O3S. The molecule has 20 heavy (non-hydrogen) atoms. The zero-order valence-electron chi connectivity index (χ0n) is 11.0. The molecule has 0 bridgehead atoms. The normalized spacial score (nSPS) is 20.5. The second-order valence-corrected chi connectivity index (χ2v) is 7.47. The molecule has 1 unspecified atom stereocenters. The lowest BCUT2D eigenvalue weighted by atomic mass is 10.1. The van der Waals surface area contributed by atoms with Crippen molar-refractivity contribution in [2.24, 2.45) is 0 Å². The highest BCUT2D eigenvalue weighted by atomic mass is 32.2. The summed E-state index contributed by atoms with van der Waals surface area (Å²) in [5, 5.41) is -0.400. The third-order valence-electron chi connectivity index (χ3n) is 3.59. The summed E-state index contributed by atoms with van der Waals surface area (Å²) in [6, 6.07) is 4.51. The van der Waals surface area contributed by atoms with E-state index < -0.39 is 15.1 Å². The Morgan fingerprint density at radius 1 is 1.45 bits per heavy atom. The number of fused-ring (bicyclic) bond motifs is 1. The Balaban J connectivity index is 1.90. The van der Waals surface area contributed by atoms with E-state index in [-0.39, 0.29) is 5.82 Å². The molecule has 0 amide bonds. The van der Waals surface area contributed by atoms with Crippen LogP contribution >= 0.6 is 0 Å². The number of anilines is 1. The number of sulfone groups is 1. The van der Waals surface area contributed by atoms with E-state index in [1.807, 2.05) is 4.90 Å². The van der Waals surface area contributed by atoms with Gasteiger partial charge in [-0.3, -0.25) is 0 Å². The summed E-state index contributed by atoms with van der Waals surface area (Å²) in [7, 11) is -3.07. The highest BCUT2D eigenvalue weighted by Crippen LogP contribution is 2.26. The Kier molecular flexibility index (Phi) is 3.16. The zero-order chi connectivity index (χ0) is 14.3. The van der Waals surface area contributed by atoms with Gasteiger partial charge in [-0.15, -0.1) is 0 Å². The van der Waals surface area contributed by atoms with E-state index in [0.29, 0.717) is 36.6 Å². The van der Waals surface area contributed by atoms with Gasteiger partial charge in [-0.05, 0) is 25.0 Å². The molecule has 2 aromatic rings. The van der Waals surface area contributed by atoms with Crippen LogP contribution in [0.25, 0.3) is 11.1 Å². The predicted octanol–water partition coefficient (Wildman–Crippen LogP) is 1.98. The first kappa shape index (κ1) is 13.4. The van der Waals surface area contributed by atoms with Gasteiger partial charge in [-0.1, -0.05) is 0 Å². The van der Waals surface area contributed by atoms with E-state index in [9.17, 15) is 12.8 Å². The number of hydrogen-bond donors (Lipinski definition) is 0. The third kappa shape index (κ3) is 2.49. The molecule has 1 aliphatic rings. The molecule has 2 heterocycles. The van der Waals surface area contributed by atoms with Crippen LogP contribution in [0.5, 0.6) is 0 Å². The van der Waals surface area contributed by atoms with Crippen molar-refractivity contribution in [3.8, 4) is 0 Å². The van der Waals surface area contributed by atoms with Crippen LogP contribution in [-0.2, 0) is 9.84 Å². The predicted molar refractivity (Wildman–Crippen MR) is 74.0 cm³/mol. The quantitative estimate of drug-likeness (QED) is 0.848. The lowest BCUT2D eigenvalue weighted by Crippen LogP contribution is -2.42. The van der Waals surface area contributed by atoms with Gasteiger partial charge in [-0.25, -0.2) is 12.8 Å². The van der Waals surface area contributed by atoms with Gasteiger partial charge in [0.05, 0.1) is 5.25 Å². The van der Waals surface area contributed by atoms with E-state index in [2.05, 4.69) is 4.98 Å². The fraction of sp³-hybridized carbons (Fsp3) is 0.462. The lowest BCUT2D eigenvalue weighted by molar-refractivity contribution is 0.497. The maximum absolute atomic E-state index is 13.1. The van der Waals surface area contributed by atoms with Crippen LogP contribution in [0, 0.1) is 5.82 Å². The van der Waals surface area contributed by atoms with Crippen molar-refractivity contribution in [1.82, 2.24) is 4.98 Å². The van der Waals surface area contributed by atoms with Gasteiger partial charge in [0, 0.05) is 25.4 Å². The first-order chi connectivity index (χ1) is 9.43. The van der Waals surface area contributed by atoms with Crippen molar-refractivity contribution < 1.29 is 17.2 Å². The van der Waals surface area contributed by atoms with Gasteiger partial charge in [0.1, 0.15) is 11.3 Å². The van der Waals surface area contributed by atoms with Crippen molar-refractivity contribution >= 4 is 27.0 Å². The molecule has 0 saturated carbocycles. The molecule has 1 saturated heterocycles. The maximum Gasteiger partial charge on any atom is 0.298 e. The summed E-state index contributed by atoms with van der Waals surface area (Å²) in [4.78, 5) is 6.05. The average Bonchev–Trinajstić information content (AvgIpc) is 2.81. The zero-order valence-corrected chi connectivity index (χ0v) is 11.9. The number of rotatable bonds is 2. The van der Waals surface area contributed by atoms with Crippen LogP contribution in [0.4, 0.5) is 10.4 Å². The largest absolute Gasteiger partial charge is 0.423 e. The minimum absolute atomic E-state index is 0.360. The number of nitrogens with zero attached hydrogens (tertiary/aromatic N) is 2. The molecule has 1 fully saturated rings. The number of hydrogen-bond acceptors (Lipinski definition) is 5. The summed E-state index contributed by atoms with van der Waals surface area (Å²) >= 11 is 0. The number of halogens is 1.